The van der Waals surface area contributed by atoms with Gasteiger partial charge in [-0.15, -0.1) is 0 Å². The second kappa shape index (κ2) is 4.65. The number of methoxy groups -OCH3 is 1. The smallest absolute Gasteiger partial charge is 0.217 e. The predicted octanol–water partition coefficient (Wildman–Crippen LogP) is 2.08. The lowest BCUT2D eigenvalue weighted by molar-refractivity contribution is -0.119. The topological polar surface area (TPSA) is 50.4 Å². The van der Waals surface area contributed by atoms with Crippen molar-refractivity contribution in [3.05, 3.63) is 23.8 Å². The van der Waals surface area contributed by atoms with Crippen molar-refractivity contribution in [3.8, 4) is 5.75 Å². The summed E-state index contributed by atoms with van der Waals surface area (Å²) in [5.41, 5.74) is 2.09. The van der Waals surface area contributed by atoms with Crippen LogP contribution >= 0.6 is 0 Å². The van der Waals surface area contributed by atoms with Gasteiger partial charge < -0.3 is 15.4 Å². The van der Waals surface area contributed by atoms with E-state index in [9.17, 15) is 4.79 Å². The van der Waals surface area contributed by atoms with Gasteiger partial charge in [0.05, 0.1) is 18.8 Å². The van der Waals surface area contributed by atoms with E-state index < -0.39 is 0 Å². The number of fused-ring (bicyclic) bond motifs is 1. The molecule has 4 heteroatoms. The first-order chi connectivity index (χ1) is 8.11. The summed E-state index contributed by atoms with van der Waals surface area (Å²) < 4.78 is 5.34. The molecule has 2 N–H and O–H groups in total. The lowest BCUT2D eigenvalue weighted by atomic mass is 9.93. The molecule has 4 nitrogen and oxygen atoms in total. The van der Waals surface area contributed by atoms with Crippen molar-refractivity contribution in [2.45, 2.75) is 32.4 Å². The Kier molecular flexibility index (Phi) is 3.22. The van der Waals surface area contributed by atoms with Crippen LogP contribution in [0.1, 0.15) is 31.9 Å². The van der Waals surface area contributed by atoms with Crippen LogP contribution in [0.3, 0.4) is 0 Å². The number of benzene rings is 1. The molecule has 92 valence electrons. The van der Waals surface area contributed by atoms with Gasteiger partial charge in [-0.2, -0.15) is 0 Å². The molecule has 1 aliphatic heterocycles. The molecule has 1 heterocycles. The normalized spacial score (nSPS) is 22.3. The summed E-state index contributed by atoms with van der Waals surface area (Å²) in [4.78, 5) is 11.2. The van der Waals surface area contributed by atoms with Gasteiger partial charge in [-0.05, 0) is 19.4 Å². The highest BCUT2D eigenvalue weighted by Crippen LogP contribution is 2.38. The zero-order valence-electron chi connectivity index (χ0n) is 10.4. The Labute approximate surface area is 101 Å². The zero-order chi connectivity index (χ0) is 12.4. The molecule has 0 radical (unpaired) electrons. The number of rotatable bonds is 2. The highest BCUT2D eigenvalue weighted by atomic mass is 16.5. The van der Waals surface area contributed by atoms with Gasteiger partial charge >= 0.3 is 0 Å². The predicted molar refractivity (Wildman–Crippen MR) is 67.3 cm³/mol. The minimum atomic E-state index is -0.00197. The van der Waals surface area contributed by atoms with E-state index in [4.69, 9.17) is 4.74 Å². The van der Waals surface area contributed by atoms with Gasteiger partial charge in [0, 0.05) is 18.5 Å². The number of para-hydroxylation sites is 1. The van der Waals surface area contributed by atoms with E-state index >= 15 is 0 Å². The standard InChI is InChI=1S/C13H18N2O2/c1-8-7-11(15-9(2)16)10-5-4-6-12(17-3)13(10)14-8/h4-6,8,11,14H,7H2,1-3H3,(H,15,16)/t8-,11+/m1/s1. The zero-order valence-corrected chi connectivity index (χ0v) is 10.4. The fourth-order valence-corrected chi connectivity index (χ4v) is 2.33. The van der Waals surface area contributed by atoms with E-state index in [1.165, 1.54) is 0 Å². The van der Waals surface area contributed by atoms with Crippen molar-refractivity contribution < 1.29 is 9.53 Å². The van der Waals surface area contributed by atoms with Gasteiger partial charge in [0.1, 0.15) is 5.75 Å². The molecule has 0 aliphatic carbocycles. The summed E-state index contributed by atoms with van der Waals surface area (Å²) in [5.74, 6) is 0.822. The minimum Gasteiger partial charge on any atom is -0.495 e. The molecule has 0 aromatic heterocycles. The molecule has 1 aromatic carbocycles. The molecule has 0 spiro atoms. The summed E-state index contributed by atoms with van der Waals surface area (Å²) in [5, 5.41) is 6.39. The SMILES string of the molecule is COc1cccc2c1N[C@H](C)C[C@@H]2NC(C)=O. The van der Waals surface area contributed by atoms with Crippen LogP contribution in [0.4, 0.5) is 5.69 Å². The second-order valence-corrected chi connectivity index (χ2v) is 4.46. The number of carbonyl (C=O) groups excluding carboxylic acids is 1. The molecule has 1 aromatic rings. The Morgan fingerprint density at radius 3 is 2.94 bits per heavy atom. The summed E-state index contributed by atoms with van der Waals surface area (Å²) in [6, 6.07) is 6.28. The summed E-state index contributed by atoms with van der Waals surface area (Å²) >= 11 is 0. The first-order valence-electron chi connectivity index (χ1n) is 5.82. The van der Waals surface area contributed by atoms with Crippen LogP contribution in [-0.2, 0) is 4.79 Å². The minimum absolute atomic E-state index is 0.00197. The van der Waals surface area contributed by atoms with Gasteiger partial charge in [-0.1, -0.05) is 12.1 Å². The molecular weight excluding hydrogens is 216 g/mol. The van der Waals surface area contributed by atoms with Gasteiger partial charge in [-0.3, -0.25) is 4.79 Å². The van der Waals surface area contributed by atoms with Crippen molar-refractivity contribution in [2.75, 3.05) is 12.4 Å². The quantitative estimate of drug-likeness (QED) is 0.823. The summed E-state index contributed by atoms with van der Waals surface area (Å²) in [6.07, 6.45) is 0.889. The van der Waals surface area contributed by atoms with Crippen LogP contribution in [0.2, 0.25) is 0 Å². The molecule has 0 saturated carbocycles. The van der Waals surface area contributed by atoms with Gasteiger partial charge in [0.25, 0.3) is 0 Å². The number of ether oxygens (including phenoxy) is 1. The first kappa shape index (κ1) is 11.8. The first-order valence-corrected chi connectivity index (χ1v) is 5.82. The van der Waals surface area contributed by atoms with Crippen LogP contribution in [0, 0.1) is 0 Å². The van der Waals surface area contributed by atoms with Gasteiger partial charge in [-0.25, -0.2) is 0 Å². The maximum Gasteiger partial charge on any atom is 0.217 e. The molecule has 0 unspecified atom stereocenters. The third kappa shape index (κ3) is 2.35. The summed E-state index contributed by atoms with van der Waals surface area (Å²) in [6.45, 7) is 3.65. The fraction of sp³-hybridized carbons (Fsp3) is 0.462. The second-order valence-electron chi connectivity index (χ2n) is 4.46. The number of hydrogen-bond acceptors (Lipinski definition) is 3. The highest BCUT2D eigenvalue weighted by molar-refractivity contribution is 5.75. The Morgan fingerprint density at radius 2 is 2.29 bits per heavy atom. The lowest BCUT2D eigenvalue weighted by Crippen LogP contribution is -2.35. The molecule has 2 atom stereocenters. The number of amides is 1. The van der Waals surface area contributed by atoms with Crippen LogP contribution in [0.25, 0.3) is 0 Å². The highest BCUT2D eigenvalue weighted by Gasteiger charge is 2.26. The van der Waals surface area contributed by atoms with E-state index in [-0.39, 0.29) is 11.9 Å². The molecule has 0 saturated heterocycles. The maximum absolute atomic E-state index is 11.2. The molecule has 1 amide bonds. The molecule has 1 aliphatic rings. The monoisotopic (exact) mass is 234 g/mol. The van der Waals surface area contributed by atoms with Gasteiger partial charge in [0.15, 0.2) is 0 Å². The largest absolute Gasteiger partial charge is 0.495 e. The average molecular weight is 234 g/mol. The molecular formula is C13H18N2O2. The molecule has 0 fully saturated rings. The van der Waals surface area contributed by atoms with Crippen LogP contribution in [0.5, 0.6) is 5.75 Å². The van der Waals surface area contributed by atoms with Crippen LogP contribution < -0.4 is 15.4 Å². The van der Waals surface area contributed by atoms with E-state index in [0.29, 0.717) is 6.04 Å². The molecule has 17 heavy (non-hydrogen) atoms. The van der Waals surface area contributed by atoms with Crippen LogP contribution in [-0.4, -0.2) is 19.1 Å². The van der Waals surface area contributed by atoms with E-state index in [0.717, 1.165) is 23.4 Å². The summed E-state index contributed by atoms with van der Waals surface area (Å²) in [7, 11) is 1.66. The lowest BCUT2D eigenvalue weighted by Gasteiger charge is -2.32. The number of carbonyl (C=O) groups is 1. The van der Waals surface area contributed by atoms with Crippen molar-refractivity contribution in [3.63, 3.8) is 0 Å². The third-order valence-corrected chi connectivity index (χ3v) is 3.01. The van der Waals surface area contributed by atoms with Crippen molar-refractivity contribution in [1.29, 1.82) is 0 Å². The van der Waals surface area contributed by atoms with Crippen LogP contribution in [0.15, 0.2) is 18.2 Å². The van der Waals surface area contributed by atoms with Gasteiger partial charge in [0.2, 0.25) is 5.91 Å². The van der Waals surface area contributed by atoms with E-state index in [1.54, 1.807) is 14.0 Å². The number of nitrogens with one attached hydrogen (secondary N) is 2. The third-order valence-electron chi connectivity index (χ3n) is 3.01. The van der Waals surface area contributed by atoms with E-state index in [1.807, 2.05) is 18.2 Å². The Morgan fingerprint density at radius 1 is 1.53 bits per heavy atom. The fourth-order valence-electron chi connectivity index (χ4n) is 2.33. The average Bonchev–Trinajstić information content (AvgIpc) is 2.27. The van der Waals surface area contributed by atoms with Crippen molar-refractivity contribution >= 4 is 11.6 Å². The maximum atomic E-state index is 11.2. The number of hydrogen-bond donors (Lipinski definition) is 2. The molecule has 2 rings (SSSR count). The molecule has 0 bridgehead atoms. The number of anilines is 1. The van der Waals surface area contributed by atoms with E-state index in [2.05, 4.69) is 17.6 Å². The Bertz CT molecular complexity index is 431. The van der Waals surface area contributed by atoms with Crippen molar-refractivity contribution in [1.82, 2.24) is 5.32 Å². The Balaban J connectivity index is 2.39. The van der Waals surface area contributed by atoms with Crippen molar-refractivity contribution in [2.24, 2.45) is 0 Å². The Hall–Kier alpha value is -1.71.